The Morgan fingerprint density at radius 3 is 2.72 bits per heavy atom. The van der Waals surface area contributed by atoms with E-state index in [-0.39, 0.29) is 11.0 Å². The SMILES string of the molecule is CCOC[C@@]1(CCc2nccc(OC)n2)CCN(C(C)(C)c2ccc(C)nc2)C1. The highest BCUT2D eigenvalue weighted by molar-refractivity contribution is 5.22. The number of ether oxygens (including phenoxy) is 2. The Hall–Kier alpha value is -2.05. The van der Waals surface area contributed by atoms with Crippen molar-refractivity contribution >= 4 is 0 Å². The minimum Gasteiger partial charge on any atom is -0.481 e. The first-order chi connectivity index (χ1) is 13.9. The van der Waals surface area contributed by atoms with Gasteiger partial charge in [0.05, 0.1) is 13.7 Å². The summed E-state index contributed by atoms with van der Waals surface area (Å²) >= 11 is 0. The number of rotatable bonds is 9. The Balaban J connectivity index is 1.73. The lowest BCUT2D eigenvalue weighted by molar-refractivity contribution is 0.0382. The van der Waals surface area contributed by atoms with E-state index in [1.807, 2.05) is 13.1 Å². The standard InChI is InChI=1S/C23H34N4O2/c1-6-29-17-23(11-9-20-24-13-10-21(26-20)28-5)12-14-27(16-23)22(3,4)19-8-7-18(2)25-15-19/h7-8,10,13,15H,6,9,11-12,14,16-17H2,1-5H3/t23-/m0/s1. The topological polar surface area (TPSA) is 60.4 Å². The molecular weight excluding hydrogens is 364 g/mol. The van der Waals surface area contributed by atoms with Crippen molar-refractivity contribution in [2.45, 2.75) is 52.5 Å². The quantitative estimate of drug-likeness (QED) is 0.641. The Bertz CT molecular complexity index is 794. The van der Waals surface area contributed by atoms with Crippen molar-refractivity contribution in [3.8, 4) is 5.88 Å². The average molecular weight is 399 g/mol. The first-order valence-electron chi connectivity index (χ1n) is 10.5. The maximum atomic E-state index is 5.93. The number of hydrogen-bond acceptors (Lipinski definition) is 6. The number of hydrogen-bond donors (Lipinski definition) is 0. The second kappa shape index (κ2) is 9.18. The molecule has 6 heteroatoms. The van der Waals surface area contributed by atoms with E-state index < -0.39 is 0 Å². The molecule has 0 radical (unpaired) electrons. The molecule has 1 saturated heterocycles. The molecule has 0 aliphatic carbocycles. The van der Waals surface area contributed by atoms with Crippen molar-refractivity contribution in [1.82, 2.24) is 19.9 Å². The maximum Gasteiger partial charge on any atom is 0.216 e. The van der Waals surface area contributed by atoms with Gasteiger partial charge in [0, 0.05) is 54.7 Å². The van der Waals surface area contributed by atoms with Gasteiger partial charge in [-0.3, -0.25) is 9.88 Å². The first kappa shape index (κ1) is 21.7. The van der Waals surface area contributed by atoms with Crippen LogP contribution in [0.15, 0.2) is 30.6 Å². The van der Waals surface area contributed by atoms with Crippen molar-refractivity contribution < 1.29 is 9.47 Å². The average Bonchev–Trinajstić information content (AvgIpc) is 3.17. The van der Waals surface area contributed by atoms with Gasteiger partial charge in [-0.15, -0.1) is 0 Å². The van der Waals surface area contributed by atoms with E-state index >= 15 is 0 Å². The zero-order valence-electron chi connectivity index (χ0n) is 18.4. The fourth-order valence-electron chi connectivity index (χ4n) is 4.13. The largest absolute Gasteiger partial charge is 0.481 e. The highest BCUT2D eigenvalue weighted by atomic mass is 16.5. The summed E-state index contributed by atoms with van der Waals surface area (Å²) in [5, 5.41) is 0. The van der Waals surface area contributed by atoms with Gasteiger partial charge < -0.3 is 9.47 Å². The predicted molar refractivity (Wildman–Crippen MR) is 114 cm³/mol. The van der Waals surface area contributed by atoms with Crippen LogP contribution in [0.3, 0.4) is 0 Å². The molecule has 0 aromatic carbocycles. The zero-order valence-corrected chi connectivity index (χ0v) is 18.4. The molecular formula is C23H34N4O2. The number of pyridine rings is 1. The first-order valence-corrected chi connectivity index (χ1v) is 10.5. The molecule has 2 aromatic heterocycles. The van der Waals surface area contributed by atoms with E-state index in [2.05, 4.69) is 52.8 Å². The summed E-state index contributed by atoms with van der Waals surface area (Å²) in [7, 11) is 1.64. The van der Waals surface area contributed by atoms with Crippen LogP contribution in [-0.4, -0.2) is 53.3 Å². The number of nitrogens with zero attached hydrogens (tertiary/aromatic N) is 4. The normalized spacial score (nSPS) is 20.2. The molecule has 1 fully saturated rings. The Kier molecular flexibility index (Phi) is 6.85. The van der Waals surface area contributed by atoms with Crippen LogP contribution in [0.25, 0.3) is 0 Å². The summed E-state index contributed by atoms with van der Waals surface area (Å²) in [6.45, 7) is 12.2. The lowest BCUT2D eigenvalue weighted by atomic mass is 9.82. The van der Waals surface area contributed by atoms with Gasteiger partial charge in [-0.2, -0.15) is 4.98 Å². The van der Waals surface area contributed by atoms with Gasteiger partial charge in [0.2, 0.25) is 5.88 Å². The molecule has 3 rings (SSSR count). The molecule has 2 aromatic rings. The van der Waals surface area contributed by atoms with Crippen LogP contribution >= 0.6 is 0 Å². The van der Waals surface area contributed by atoms with Gasteiger partial charge in [0.25, 0.3) is 0 Å². The molecule has 158 valence electrons. The van der Waals surface area contributed by atoms with Crippen LogP contribution in [0, 0.1) is 12.3 Å². The predicted octanol–water partition coefficient (Wildman–Crippen LogP) is 3.79. The molecule has 29 heavy (non-hydrogen) atoms. The highest BCUT2D eigenvalue weighted by Gasteiger charge is 2.43. The van der Waals surface area contributed by atoms with Crippen molar-refractivity contribution in [2.24, 2.45) is 5.41 Å². The molecule has 1 aliphatic rings. The van der Waals surface area contributed by atoms with Crippen LogP contribution in [0.5, 0.6) is 5.88 Å². The fourth-order valence-corrected chi connectivity index (χ4v) is 4.13. The van der Waals surface area contributed by atoms with Crippen molar-refractivity contribution in [3.63, 3.8) is 0 Å². The third kappa shape index (κ3) is 5.11. The summed E-state index contributed by atoms with van der Waals surface area (Å²) in [5.74, 6) is 1.45. The smallest absolute Gasteiger partial charge is 0.216 e. The van der Waals surface area contributed by atoms with Crippen molar-refractivity contribution in [3.05, 3.63) is 47.7 Å². The molecule has 0 spiro atoms. The van der Waals surface area contributed by atoms with Gasteiger partial charge in [0.1, 0.15) is 5.82 Å². The zero-order chi connectivity index (χ0) is 20.9. The second-order valence-corrected chi connectivity index (χ2v) is 8.57. The van der Waals surface area contributed by atoms with Crippen LogP contribution < -0.4 is 4.74 Å². The number of aryl methyl sites for hydroxylation is 2. The molecule has 0 amide bonds. The van der Waals surface area contributed by atoms with E-state index in [1.165, 1.54) is 5.56 Å². The Morgan fingerprint density at radius 1 is 1.21 bits per heavy atom. The highest BCUT2D eigenvalue weighted by Crippen LogP contribution is 2.41. The fraction of sp³-hybridized carbons (Fsp3) is 0.609. The second-order valence-electron chi connectivity index (χ2n) is 8.57. The third-order valence-corrected chi connectivity index (χ3v) is 6.23. The van der Waals surface area contributed by atoms with E-state index in [0.717, 1.165) is 57.1 Å². The minimum absolute atomic E-state index is 0.0683. The lowest BCUT2D eigenvalue weighted by Gasteiger charge is -2.38. The number of likely N-dealkylation sites (tertiary alicyclic amines) is 1. The molecule has 0 unspecified atom stereocenters. The van der Waals surface area contributed by atoms with Gasteiger partial charge >= 0.3 is 0 Å². The Labute approximate surface area is 174 Å². The summed E-state index contributed by atoms with van der Waals surface area (Å²) < 4.78 is 11.2. The van der Waals surface area contributed by atoms with Crippen LogP contribution in [0.2, 0.25) is 0 Å². The third-order valence-electron chi connectivity index (χ3n) is 6.23. The van der Waals surface area contributed by atoms with Crippen molar-refractivity contribution in [2.75, 3.05) is 33.4 Å². The van der Waals surface area contributed by atoms with E-state index in [4.69, 9.17) is 9.47 Å². The van der Waals surface area contributed by atoms with Crippen molar-refractivity contribution in [1.29, 1.82) is 0 Å². The van der Waals surface area contributed by atoms with Gasteiger partial charge in [-0.05, 0) is 58.7 Å². The van der Waals surface area contributed by atoms with E-state index in [1.54, 1.807) is 19.4 Å². The lowest BCUT2D eigenvalue weighted by Crippen LogP contribution is -2.42. The summed E-state index contributed by atoms with van der Waals surface area (Å²) in [6.07, 6.45) is 6.72. The molecule has 6 nitrogen and oxygen atoms in total. The summed E-state index contributed by atoms with van der Waals surface area (Å²) in [4.78, 5) is 16.0. The maximum absolute atomic E-state index is 5.93. The summed E-state index contributed by atoms with van der Waals surface area (Å²) in [5.41, 5.74) is 2.35. The Morgan fingerprint density at radius 2 is 2.03 bits per heavy atom. The van der Waals surface area contributed by atoms with Crippen LogP contribution in [0.4, 0.5) is 0 Å². The van der Waals surface area contributed by atoms with Gasteiger partial charge in [0.15, 0.2) is 0 Å². The molecule has 3 heterocycles. The van der Waals surface area contributed by atoms with Crippen LogP contribution in [-0.2, 0) is 16.7 Å². The molecule has 0 N–H and O–H groups in total. The van der Waals surface area contributed by atoms with E-state index in [0.29, 0.717) is 5.88 Å². The molecule has 1 atom stereocenters. The minimum atomic E-state index is -0.0683. The van der Waals surface area contributed by atoms with Crippen LogP contribution in [0.1, 0.15) is 50.7 Å². The molecule has 0 saturated carbocycles. The van der Waals surface area contributed by atoms with Gasteiger partial charge in [-0.25, -0.2) is 4.98 Å². The monoisotopic (exact) mass is 398 g/mol. The number of aromatic nitrogens is 3. The molecule has 0 bridgehead atoms. The van der Waals surface area contributed by atoms with E-state index in [9.17, 15) is 0 Å². The molecule has 1 aliphatic heterocycles. The number of methoxy groups -OCH3 is 1. The summed E-state index contributed by atoms with van der Waals surface area (Å²) in [6, 6.07) is 6.09. The van der Waals surface area contributed by atoms with Gasteiger partial charge in [-0.1, -0.05) is 6.07 Å².